The van der Waals surface area contributed by atoms with E-state index in [-0.39, 0.29) is 12.2 Å². The fourth-order valence-corrected chi connectivity index (χ4v) is 1.54. The normalized spacial score (nSPS) is 10.6. The Hall–Kier alpha value is -1.59. The topological polar surface area (TPSA) is 50.8 Å². The molecule has 5 heteroatoms. The van der Waals surface area contributed by atoms with Gasteiger partial charge in [0.05, 0.1) is 13.0 Å². The van der Waals surface area contributed by atoms with Crippen LogP contribution in [0.1, 0.15) is 5.56 Å². The van der Waals surface area contributed by atoms with E-state index in [0.717, 1.165) is 11.3 Å². The summed E-state index contributed by atoms with van der Waals surface area (Å²) in [5.41, 5.74) is 1.97. The molecule has 0 bridgehead atoms. The van der Waals surface area contributed by atoms with E-state index in [4.69, 9.17) is 9.47 Å². The lowest BCUT2D eigenvalue weighted by molar-refractivity contribution is -0.127. The molecular weight excluding hydrogens is 244 g/mol. The Bertz CT molecular complexity index is 386. The molecule has 1 N–H and O–H groups in total. The van der Waals surface area contributed by atoms with Crippen LogP contribution in [-0.4, -0.2) is 52.0 Å². The number of likely N-dealkylation sites (N-methyl/N-ethyl adjacent to an activating group) is 1. The molecule has 0 fully saturated rings. The van der Waals surface area contributed by atoms with E-state index in [2.05, 4.69) is 5.32 Å². The van der Waals surface area contributed by atoms with Crippen molar-refractivity contribution in [3.63, 3.8) is 0 Å². The molecule has 0 aliphatic carbocycles. The number of methoxy groups -OCH3 is 2. The fourth-order valence-electron chi connectivity index (χ4n) is 1.54. The average Bonchev–Trinajstić information content (AvgIpc) is 2.41. The highest BCUT2D eigenvalue weighted by Crippen LogP contribution is 2.11. The number of nitrogens with zero attached hydrogens (tertiary/aromatic N) is 1. The minimum Gasteiger partial charge on any atom is -0.380 e. The molecule has 0 atom stereocenters. The van der Waals surface area contributed by atoms with Gasteiger partial charge in [-0.2, -0.15) is 0 Å². The summed E-state index contributed by atoms with van der Waals surface area (Å²) < 4.78 is 10.2. The molecule has 0 aliphatic rings. The lowest BCUT2D eigenvalue weighted by Crippen LogP contribution is -2.24. The maximum absolute atomic E-state index is 11.6. The highest BCUT2D eigenvalue weighted by Gasteiger charge is 2.06. The molecule has 0 heterocycles. The summed E-state index contributed by atoms with van der Waals surface area (Å²) in [6.45, 7) is 0.572. The summed E-state index contributed by atoms with van der Waals surface area (Å²) >= 11 is 0. The van der Waals surface area contributed by atoms with E-state index in [0.29, 0.717) is 13.0 Å². The Balaban J connectivity index is 2.50. The van der Waals surface area contributed by atoms with Gasteiger partial charge in [0.15, 0.2) is 6.29 Å². The van der Waals surface area contributed by atoms with Gasteiger partial charge in [-0.05, 0) is 17.7 Å². The summed E-state index contributed by atoms with van der Waals surface area (Å²) in [5.74, 6) is 0.0968. The first-order valence-electron chi connectivity index (χ1n) is 6.15. The van der Waals surface area contributed by atoms with E-state index in [1.165, 1.54) is 0 Å². The predicted molar refractivity (Wildman–Crippen MR) is 75.1 cm³/mol. The summed E-state index contributed by atoms with van der Waals surface area (Å²) in [5, 5.41) is 3.20. The SMILES string of the molecule is COC(CNc1ccc(CC(=O)N(C)C)cc1)OC. The second-order valence-electron chi connectivity index (χ2n) is 4.44. The van der Waals surface area contributed by atoms with Gasteiger partial charge in [-0.1, -0.05) is 12.1 Å². The van der Waals surface area contributed by atoms with Crippen molar-refractivity contribution in [1.29, 1.82) is 0 Å². The van der Waals surface area contributed by atoms with E-state index in [1.54, 1.807) is 33.2 Å². The van der Waals surface area contributed by atoms with Crippen molar-refractivity contribution >= 4 is 11.6 Å². The molecule has 0 saturated heterocycles. The van der Waals surface area contributed by atoms with Gasteiger partial charge in [-0.15, -0.1) is 0 Å². The molecule has 0 aliphatic heterocycles. The van der Waals surface area contributed by atoms with Crippen molar-refractivity contribution in [3.05, 3.63) is 29.8 Å². The highest BCUT2D eigenvalue weighted by atomic mass is 16.7. The highest BCUT2D eigenvalue weighted by molar-refractivity contribution is 5.78. The third-order valence-electron chi connectivity index (χ3n) is 2.81. The number of benzene rings is 1. The summed E-state index contributed by atoms with van der Waals surface area (Å²) in [7, 11) is 6.72. The van der Waals surface area contributed by atoms with Crippen LogP contribution in [0.5, 0.6) is 0 Å². The number of carbonyl (C=O) groups excluding carboxylic acids is 1. The molecule has 5 nitrogen and oxygen atoms in total. The monoisotopic (exact) mass is 266 g/mol. The number of hydrogen-bond acceptors (Lipinski definition) is 4. The number of ether oxygens (including phenoxy) is 2. The first-order valence-corrected chi connectivity index (χ1v) is 6.15. The van der Waals surface area contributed by atoms with Crippen molar-refractivity contribution < 1.29 is 14.3 Å². The first kappa shape index (κ1) is 15.5. The number of hydrogen-bond donors (Lipinski definition) is 1. The van der Waals surface area contributed by atoms with Gasteiger partial charge in [-0.25, -0.2) is 0 Å². The Morgan fingerprint density at radius 3 is 2.26 bits per heavy atom. The molecule has 19 heavy (non-hydrogen) atoms. The smallest absolute Gasteiger partial charge is 0.226 e. The van der Waals surface area contributed by atoms with Crippen molar-refractivity contribution in [2.24, 2.45) is 0 Å². The standard InChI is InChI=1S/C14H22N2O3/c1-16(2)13(17)9-11-5-7-12(8-6-11)15-10-14(18-3)19-4/h5-8,14-15H,9-10H2,1-4H3. The van der Waals surface area contributed by atoms with Crippen LogP contribution in [0.25, 0.3) is 0 Å². The van der Waals surface area contributed by atoms with Crippen molar-refractivity contribution in [1.82, 2.24) is 4.90 Å². The minimum absolute atomic E-state index is 0.0968. The van der Waals surface area contributed by atoms with Crippen LogP contribution in [0.15, 0.2) is 24.3 Å². The number of amides is 1. The lowest BCUT2D eigenvalue weighted by atomic mass is 10.1. The number of carbonyl (C=O) groups is 1. The first-order chi connectivity index (χ1) is 9.06. The Kier molecular flexibility index (Phi) is 6.32. The third-order valence-corrected chi connectivity index (χ3v) is 2.81. The number of anilines is 1. The van der Waals surface area contributed by atoms with Crippen LogP contribution in [0, 0.1) is 0 Å². The van der Waals surface area contributed by atoms with Crippen LogP contribution in [0.3, 0.4) is 0 Å². The molecule has 0 spiro atoms. The van der Waals surface area contributed by atoms with Crippen LogP contribution in [0.2, 0.25) is 0 Å². The maximum atomic E-state index is 11.6. The van der Waals surface area contributed by atoms with Gasteiger partial charge in [0.1, 0.15) is 0 Å². The van der Waals surface area contributed by atoms with Crippen LogP contribution in [0.4, 0.5) is 5.69 Å². The zero-order valence-corrected chi connectivity index (χ0v) is 12.0. The second-order valence-corrected chi connectivity index (χ2v) is 4.44. The van der Waals surface area contributed by atoms with Crippen molar-refractivity contribution in [2.45, 2.75) is 12.7 Å². The van der Waals surface area contributed by atoms with Gasteiger partial charge in [0, 0.05) is 34.0 Å². The lowest BCUT2D eigenvalue weighted by Gasteiger charge is -2.15. The fraction of sp³-hybridized carbons (Fsp3) is 0.500. The predicted octanol–water partition coefficient (Wildman–Crippen LogP) is 1.35. The molecule has 0 radical (unpaired) electrons. The maximum Gasteiger partial charge on any atom is 0.226 e. The molecule has 1 amide bonds. The number of rotatable bonds is 7. The van der Waals surface area contributed by atoms with Gasteiger partial charge in [0.2, 0.25) is 5.91 Å². The van der Waals surface area contributed by atoms with Gasteiger partial charge in [0.25, 0.3) is 0 Å². The zero-order valence-electron chi connectivity index (χ0n) is 12.0. The summed E-state index contributed by atoms with van der Waals surface area (Å²) in [6.07, 6.45) is 0.154. The Morgan fingerprint density at radius 2 is 1.79 bits per heavy atom. The molecule has 0 saturated carbocycles. The van der Waals surface area contributed by atoms with Crippen molar-refractivity contribution in [3.8, 4) is 0 Å². The summed E-state index contributed by atoms with van der Waals surface area (Å²) in [4.78, 5) is 13.2. The largest absolute Gasteiger partial charge is 0.380 e. The third kappa shape index (κ3) is 5.28. The quantitative estimate of drug-likeness (QED) is 0.757. The van der Waals surface area contributed by atoms with E-state index in [1.807, 2.05) is 24.3 Å². The van der Waals surface area contributed by atoms with Crippen LogP contribution in [-0.2, 0) is 20.7 Å². The van der Waals surface area contributed by atoms with E-state index in [9.17, 15) is 4.79 Å². The average molecular weight is 266 g/mol. The molecule has 1 aromatic rings. The van der Waals surface area contributed by atoms with Crippen molar-refractivity contribution in [2.75, 3.05) is 40.2 Å². The minimum atomic E-state index is -0.269. The Morgan fingerprint density at radius 1 is 1.21 bits per heavy atom. The van der Waals surface area contributed by atoms with Gasteiger partial charge >= 0.3 is 0 Å². The molecule has 1 aromatic carbocycles. The number of nitrogens with one attached hydrogen (secondary N) is 1. The van der Waals surface area contributed by atoms with Crippen LogP contribution < -0.4 is 5.32 Å². The molecule has 0 aromatic heterocycles. The molecule has 106 valence electrons. The van der Waals surface area contributed by atoms with Gasteiger partial charge < -0.3 is 19.7 Å². The van der Waals surface area contributed by atoms with E-state index >= 15 is 0 Å². The Labute approximate surface area is 114 Å². The molecule has 1 rings (SSSR count). The summed E-state index contributed by atoms with van der Waals surface area (Å²) in [6, 6.07) is 7.78. The molecular formula is C14H22N2O3. The zero-order chi connectivity index (χ0) is 14.3. The molecule has 0 unspecified atom stereocenters. The van der Waals surface area contributed by atoms with Gasteiger partial charge in [-0.3, -0.25) is 4.79 Å². The second kappa shape index (κ2) is 7.76. The van der Waals surface area contributed by atoms with E-state index < -0.39 is 0 Å². The van der Waals surface area contributed by atoms with Crippen LogP contribution >= 0.6 is 0 Å².